The maximum absolute atomic E-state index is 8.95. The fourth-order valence-electron chi connectivity index (χ4n) is 0.0227. The summed E-state index contributed by atoms with van der Waals surface area (Å²) >= 11 is 0. The number of ether oxygens (including phenoxy) is 2. The Balaban J connectivity index is -0.0000000278. The van der Waals surface area contributed by atoms with Gasteiger partial charge in [-0.25, -0.2) is 0 Å². The summed E-state index contributed by atoms with van der Waals surface area (Å²) in [6.45, 7) is 1.81. The summed E-state index contributed by atoms with van der Waals surface area (Å²) in [4.78, 5) is 35.0. The predicted molar refractivity (Wildman–Crippen MR) is 34.2 cm³/mol. The first-order valence-electron chi connectivity index (χ1n) is 2.19. The standard InChI is InChI=1S/C2H2O3.C2H3O2.CHO2.2Y/c3-1-5-2-4;1-4-2-3;2-1-3;;/h1-2H;1H3;(H,2,3);;/q;2*-1;;. The first-order chi connectivity index (χ1) is 5.74. The van der Waals surface area contributed by atoms with Gasteiger partial charge in [0.15, 0.2) is 0 Å². The van der Waals surface area contributed by atoms with Gasteiger partial charge in [0.2, 0.25) is 0 Å². The minimum Gasteiger partial charge on any atom is -0.665 e. The zero-order valence-electron chi connectivity index (χ0n) is 7.21. The van der Waals surface area contributed by atoms with Crippen molar-refractivity contribution in [2.75, 3.05) is 7.11 Å². The van der Waals surface area contributed by atoms with E-state index in [1.165, 1.54) is 13.6 Å². The fourth-order valence-corrected chi connectivity index (χ4v) is 0.0227. The van der Waals surface area contributed by atoms with Gasteiger partial charge in [0.25, 0.3) is 0 Å². The van der Waals surface area contributed by atoms with Gasteiger partial charge in [-0.05, 0) is 0 Å². The van der Waals surface area contributed by atoms with Crippen molar-refractivity contribution in [2.24, 2.45) is 0 Å². The number of carbonyl (C=O) groups is 2. The number of hydrogen-bond acceptors (Lipinski definition) is 6. The van der Waals surface area contributed by atoms with E-state index < -0.39 is 0 Å². The average molecular weight is 356 g/mol. The van der Waals surface area contributed by atoms with Crippen LogP contribution < -0.4 is 0 Å². The summed E-state index contributed by atoms with van der Waals surface area (Å²) in [6.07, 6.45) is 0. The second-order valence-corrected chi connectivity index (χ2v) is 0.707. The van der Waals surface area contributed by atoms with Crippen LogP contribution in [0.4, 0.5) is 0 Å². The van der Waals surface area contributed by atoms with Crippen LogP contribution in [0.2, 0.25) is 0 Å². The maximum Gasteiger partial charge on any atom is 0.300 e. The summed E-state index contributed by atoms with van der Waals surface area (Å²) in [5.74, 6) is 0. The number of methoxy groups -OCH3 is 1. The summed E-state index contributed by atoms with van der Waals surface area (Å²) in [7, 11) is 1.26. The van der Waals surface area contributed by atoms with Crippen molar-refractivity contribution in [1.29, 1.82) is 0 Å². The van der Waals surface area contributed by atoms with Gasteiger partial charge in [0.1, 0.15) is 0 Å². The average Bonchev–Trinajstić information content (AvgIpc) is 2.08. The Hall–Kier alpha value is 0.288. The molecule has 0 rings (SSSR count). The molecule has 0 aromatic carbocycles. The van der Waals surface area contributed by atoms with Gasteiger partial charge < -0.3 is 24.2 Å². The van der Waals surface area contributed by atoms with Crippen LogP contribution in [0.3, 0.4) is 0 Å². The predicted octanol–water partition coefficient (Wildman–Crippen LogP) is -1.38. The molecule has 0 saturated heterocycles. The van der Waals surface area contributed by atoms with Crippen molar-refractivity contribution in [3.63, 3.8) is 0 Å². The van der Waals surface area contributed by atoms with Gasteiger partial charge in [-0.2, -0.15) is 0 Å². The van der Waals surface area contributed by atoms with Gasteiger partial charge in [-0.1, -0.05) is 12.9 Å². The third kappa shape index (κ3) is 145. The maximum atomic E-state index is 8.95. The van der Waals surface area contributed by atoms with E-state index in [1.807, 2.05) is 0 Å². The molecule has 0 bridgehead atoms. The molecule has 0 aromatic rings. The topological polar surface area (TPSA) is 107 Å². The van der Waals surface area contributed by atoms with Crippen LogP contribution in [-0.4, -0.2) is 38.1 Å². The molecule has 0 aliphatic heterocycles. The third-order valence-electron chi connectivity index (χ3n) is 0.194. The van der Waals surface area contributed by atoms with Crippen LogP contribution in [0.25, 0.3) is 0 Å². The Morgan fingerprint density at radius 3 is 1.36 bits per heavy atom. The van der Waals surface area contributed by atoms with E-state index in [-0.39, 0.29) is 78.4 Å². The van der Waals surface area contributed by atoms with E-state index in [0.29, 0.717) is 6.47 Å². The van der Waals surface area contributed by atoms with Crippen LogP contribution in [0.1, 0.15) is 0 Å². The van der Waals surface area contributed by atoms with Crippen molar-refractivity contribution >= 4 is 25.9 Å². The summed E-state index contributed by atoms with van der Waals surface area (Å²) in [5.41, 5.74) is 0. The van der Waals surface area contributed by atoms with Crippen LogP contribution >= 0.6 is 0 Å². The van der Waals surface area contributed by atoms with Crippen molar-refractivity contribution < 1.29 is 99.2 Å². The Morgan fingerprint density at radius 1 is 1.14 bits per heavy atom. The van der Waals surface area contributed by atoms with Gasteiger partial charge in [-0.3, -0.25) is 9.59 Å². The smallest absolute Gasteiger partial charge is 0.300 e. The SMILES string of the molecule is CO[C-]=O.O=COC=O.O=[C-]O.[Y].[Y]. The molecule has 0 amide bonds. The van der Waals surface area contributed by atoms with Crippen LogP contribution in [0, 0.1) is 0 Å². The van der Waals surface area contributed by atoms with Crippen LogP contribution in [-0.2, 0) is 94.1 Å². The van der Waals surface area contributed by atoms with Crippen molar-refractivity contribution in [3.05, 3.63) is 0 Å². The second kappa shape index (κ2) is 50.7. The van der Waals surface area contributed by atoms with Crippen molar-refractivity contribution in [1.82, 2.24) is 0 Å². The minimum absolute atomic E-state index is 0. The summed E-state index contributed by atoms with van der Waals surface area (Å²) in [5, 5.41) is 6.76. The molecule has 2 radical (unpaired) electrons. The Bertz CT molecular complexity index is 113. The van der Waals surface area contributed by atoms with Gasteiger partial charge in [0.05, 0.1) is 0 Å². The van der Waals surface area contributed by atoms with Gasteiger partial charge >= 0.3 is 12.9 Å². The van der Waals surface area contributed by atoms with E-state index in [4.69, 9.17) is 24.3 Å². The third-order valence-corrected chi connectivity index (χ3v) is 0.194. The Kier molecular flexibility index (Phi) is 106. The Morgan fingerprint density at radius 2 is 1.36 bits per heavy atom. The second-order valence-electron chi connectivity index (χ2n) is 0.707. The first-order valence-corrected chi connectivity index (χ1v) is 2.19. The summed E-state index contributed by atoms with van der Waals surface area (Å²) in [6, 6.07) is 0. The molecule has 76 valence electrons. The molecule has 1 N–H and O–H groups in total. The minimum atomic E-state index is 0. The molecular weight excluding hydrogens is 350 g/mol. The molecule has 0 unspecified atom stereocenters. The zero-order valence-corrected chi connectivity index (χ0v) is 12.9. The molecule has 7 nitrogen and oxygen atoms in total. The van der Waals surface area contributed by atoms with E-state index in [1.54, 1.807) is 0 Å². The zero-order chi connectivity index (χ0) is 10.2. The fraction of sp³-hybridized carbons (Fsp3) is 0.200. The van der Waals surface area contributed by atoms with Gasteiger partial charge in [-0.15, -0.1) is 0 Å². The number of rotatable bonds is 3. The van der Waals surface area contributed by atoms with Crippen molar-refractivity contribution in [3.8, 4) is 0 Å². The van der Waals surface area contributed by atoms with Crippen molar-refractivity contribution in [2.45, 2.75) is 0 Å². The molecule has 0 fully saturated rings. The number of carbonyl (C=O) groups excluding carboxylic acids is 3. The molecule has 0 heterocycles. The molecule has 14 heavy (non-hydrogen) atoms. The van der Waals surface area contributed by atoms with Crippen LogP contribution in [0.5, 0.6) is 0 Å². The molecule has 0 aromatic heterocycles. The molecule has 0 spiro atoms. The van der Waals surface area contributed by atoms with E-state index >= 15 is 0 Å². The van der Waals surface area contributed by atoms with Crippen LogP contribution in [0.15, 0.2) is 0 Å². The normalized spacial score (nSPS) is 4.36. The monoisotopic (exact) mass is 356 g/mol. The molecule has 9 heteroatoms. The molecule has 0 aliphatic carbocycles. The number of hydrogen-bond donors (Lipinski definition) is 1. The van der Waals surface area contributed by atoms with E-state index in [2.05, 4.69) is 9.47 Å². The molecule has 0 saturated carbocycles. The number of aliphatic hydroxyl groups excluding tert-OH is 1. The first kappa shape index (κ1) is 29.2. The molecular formula is C5H6O7Y2-2. The summed E-state index contributed by atoms with van der Waals surface area (Å²) < 4.78 is 7.21. The van der Waals surface area contributed by atoms with E-state index in [0.717, 1.165) is 0 Å². The Labute approximate surface area is 131 Å². The molecule has 0 aliphatic rings. The quantitative estimate of drug-likeness (QED) is 0.378. The van der Waals surface area contributed by atoms with E-state index in [9.17, 15) is 0 Å². The largest absolute Gasteiger partial charge is 0.665 e. The molecule has 0 atom stereocenters. The van der Waals surface area contributed by atoms with Gasteiger partial charge in [0, 0.05) is 72.5 Å².